The Balaban J connectivity index is 1.98. The van der Waals surface area contributed by atoms with Gasteiger partial charge in [0.15, 0.2) is 6.10 Å². The van der Waals surface area contributed by atoms with Gasteiger partial charge >= 0.3 is 0 Å². The second-order valence-corrected chi connectivity index (χ2v) is 8.52. The Kier molecular flexibility index (Phi) is 7.54. The number of amides is 2. The summed E-state index contributed by atoms with van der Waals surface area (Å²) in [6.07, 6.45) is 0.119. The van der Waals surface area contributed by atoms with Crippen molar-refractivity contribution in [1.82, 2.24) is 9.80 Å². The Labute approximate surface area is 190 Å². The van der Waals surface area contributed by atoms with Gasteiger partial charge in [-0.05, 0) is 68.1 Å². The third-order valence-electron chi connectivity index (χ3n) is 6.04. The Morgan fingerprint density at radius 1 is 1.09 bits per heavy atom. The van der Waals surface area contributed by atoms with Crippen LogP contribution in [-0.2, 0) is 16.0 Å². The highest BCUT2D eigenvalue weighted by Gasteiger charge is 2.33. The van der Waals surface area contributed by atoms with E-state index >= 15 is 0 Å². The van der Waals surface area contributed by atoms with E-state index in [-0.39, 0.29) is 29.6 Å². The average Bonchev–Trinajstić information content (AvgIpc) is 2.79. The molecule has 1 heterocycles. The Morgan fingerprint density at radius 2 is 1.75 bits per heavy atom. The van der Waals surface area contributed by atoms with E-state index in [4.69, 9.17) is 4.74 Å². The van der Waals surface area contributed by atoms with Gasteiger partial charge < -0.3 is 14.5 Å². The predicted molar refractivity (Wildman–Crippen MR) is 123 cm³/mol. The fourth-order valence-corrected chi connectivity index (χ4v) is 4.29. The summed E-state index contributed by atoms with van der Waals surface area (Å²) < 4.78 is 19.6. The van der Waals surface area contributed by atoms with E-state index in [0.717, 1.165) is 23.1 Å². The number of carbonyl (C=O) groups excluding carboxylic acids is 2. The molecule has 0 bridgehead atoms. The molecule has 0 N–H and O–H groups in total. The number of nitrogens with zero attached hydrogens (tertiary/aromatic N) is 2. The van der Waals surface area contributed by atoms with Gasteiger partial charge in [0.1, 0.15) is 11.6 Å². The minimum atomic E-state index is -0.616. The van der Waals surface area contributed by atoms with Gasteiger partial charge in [0, 0.05) is 25.6 Å². The average molecular weight is 441 g/mol. The number of hydrogen-bond donors (Lipinski definition) is 0. The van der Waals surface area contributed by atoms with Crippen LogP contribution in [0.3, 0.4) is 0 Å². The molecule has 0 fully saturated rings. The van der Waals surface area contributed by atoms with Crippen molar-refractivity contribution in [2.75, 3.05) is 19.6 Å². The number of carbonyl (C=O) groups is 2. The number of fused-ring (bicyclic) bond motifs is 1. The van der Waals surface area contributed by atoms with Crippen LogP contribution in [0.15, 0.2) is 42.5 Å². The molecule has 0 saturated heterocycles. The maximum absolute atomic E-state index is 13.6. The summed E-state index contributed by atoms with van der Waals surface area (Å²) >= 11 is 0. The fourth-order valence-electron chi connectivity index (χ4n) is 4.29. The lowest BCUT2D eigenvalue weighted by Gasteiger charge is -2.39. The number of ether oxygens (including phenoxy) is 1. The number of hydrogen-bond acceptors (Lipinski definition) is 3. The van der Waals surface area contributed by atoms with E-state index < -0.39 is 6.10 Å². The van der Waals surface area contributed by atoms with Crippen molar-refractivity contribution in [2.24, 2.45) is 5.92 Å². The molecule has 172 valence electrons. The first kappa shape index (κ1) is 23.8. The lowest BCUT2D eigenvalue weighted by Crippen LogP contribution is -2.42. The van der Waals surface area contributed by atoms with Gasteiger partial charge in [-0.3, -0.25) is 9.59 Å². The molecule has 1 aliphatic heterocycles. The van der Waals surface area contributed by atoms with E-state index in [1.165, 1.54) is 12.1 Å². The van der Waals surface area contributed by atoms with Gasteiger partial charge in [-0.25, -0.2) is 4.39 Å². The van der Waals surface area contributed by atoms with Crippen LogP contribution in [0.5, 0.6) is 5.75 Å². The molecular formula is C26H33FN2O3. The smallest absolute Gasteiger partial charge is 0.263 e. The number of likely N-dealkylation sites (N-methyl/N-ethyl adjacent to an activating group) is 1. The summed E-state index contributed by atoms with van der Waals surface area (Å²) in [5.41, 5.74) is 2.94. The van der Waals surface area contributed by atoms with Crippen molar-refractivity contribution >= 4 is 11.8 Å². The summed E-state index contributed by atoms with van der Waals surface area (Å²) in [4.78, 5) is 29.3. The van der Waals surface area contributed by atoms with Crippen LogP contribution in [0.1, 0.15) is 57.4 Å². The highest BCUT2D eigenvalue weighted by atomic mass is 19.1. The highest BCUT2D eigenvalue weighted by Crippen LogP contribution is 2.38. The minimum Gasteiger partial charge on any atom is -0.481 e. The van der Waals surface area contributed by atoms with Crippen molar-refractivity contribution < 1.29 is 18.7 Å². The Hall–Kier alpha value is -2.89. The molecule has 0 aromatic heterocycles. The van der Waals surface area contributed by atoms with Crippen LogP contribution >= 0.6 is 0 Å². The normalized spacial score (nSPS) is 16.5. The Morgan fingerprint density at radius 3 is 2.34 bits per heavy atom. The van der Waals surface area contributed by atoms with Gasteiger partial charge in [-0.15, -0.1) is 0 Å². The quantitative estimate of drug-likeness (QED) is 0.633. The molecule has 3 rings (SSSR count). The number of rotatable bonds is 7. The van der Waals surface area contributed by atoms with Crippen molar-refractivity contribution in [3.63, 3.8) is 0 Å². The molecule has 0 radical (unpaired) electrons. The summed E-state index contributed by atoms with van der Waals surface area (Å²) in [6, 6.07) is 11.8. The molecule has 1 aliphatic rings. The second-order valence-electron chi connectivity index (χ2n) is 8.52. The zero-order chi connectivity index (χ0) is 23.4. The SMILES string of the molecule is CCN(CC)C(=O)C(C)Oc1ccc2c(c1)C(c1ccc(F)cc1)N(C(=O)C(C)C)CC2. The van der Waals surface area contributed by atoms with Crippen molar-refractivity contribution in [3.8, 4) is 5.75 Å². The third kappa shape index (κ3) is 4.95. The zero-order valence-corrected chi connectivity index (χ0v) is 19.6. The first-order valence-corrected chi connectivity index (χ1v) is 11.4. The van der Waals surface area contributed by atoms with E-state index in [1.54, 1.807) is 24.0 Å². The van der Waals surface area contributed by atoms with Crippen molar-refractivity contribution in [1.29, 1.82) is 0 Å². The molecule has 2 aromatic carbocycles. The van der Waals surface area contributed by atoms with E-state index in [9.17, 15) is 14.0 Å². The Bertz CT molecular complexity index is 954. The highest BCUT2D eigenvalue weighted by molar-refractivity contribution is 5.81. The fraction of sp³-hybridized carbons (Fsp3) is 0.462. The maximum atomic E-state index is 13.6. The monoisotopic (exact) mass is 440 g/mol. The summed E-state index contributed by atoms with van der Waals surface area (Å²) in [7, 11) is 0. The van der Waals surface area contributed by atoms with Crippen LogP contribution in [0.2, 0.25) is 0 Å². The lowest BCUT2D eigenvalue weighted by atomic mass is 9.87. The van der Waals surface area contributed by atoms with Gasteiger partial charge in [0.25, 0.3) is 5.91 Å². The predicted octanol–water partition coefficient (Wildman–Crippen LogP) is 4.59. The molecule has 0 aliphatic carbocycles. The van der Waals surface area contributed by atoms with Crippen LogP contribution in [-0.4, -0.2) is 47.4 Å². The largest absolute Gasteiger partial charge is 0.481 e. The van der Waals surface area contributed by atoms with E-state index in [2.05, 4.69) is 0 Å². The molecule has 2 unspecified atom stereocenters. The molecule has 5 nitrogen and oxygen atoms in total. The summed E-state index contributed by atoms with van der Waals surface area (Å²) in [5, 5.41) is 0. The van der Waals surface area contributed by atoms with E-state index in [0.29, 0.717) is 25.4 Å². The molecule has 2 atom stereocenters. The maximum Gasteiger partial charge on any atom is 0.263 e. The summed E-state index contributed by atoms with van der Waals surface area (Å²) in [6.45, 7) is 11.3. The first-order valence-electron chi connectivity index (χ1n) is 11.4. The van der Waals surface area contributed by atoms with Crippen LogP contribution in [0.4, 0.5) is 4.39 Å². The third-order valence-corrected chi connectivity index (χ3v) is 6.04. The molecule has 0 spiro atoms. The number of benzene rings is 2. The van der Waals surface area contributed by atoms with Gasteiger partial charge in [0.2, 0.25) is 5.91 Å². The van der Waals surface area contributed by atoms with Crippen molar-refractivity contribution in [3.05, 3.63) is 65.0 Å². The second kappa shape index (κ2) is 10.2. The molecule has 2 aromatic rings. The lowest BCUT2D eigenvalue weighted by molar-refractivity contribution is -0.137. The van der Waals surface area contributed by atoms with Crippen LogP contribution in [0.25, 0.3) is 0 Å². The zero-order valence-electron chi connectivity index (χ0n) is 19.6. The summed E-state index contributed by atoms with van der Waals surface area (Å²) in [5.74, 6) is 0.126. The standard InChI is InChI=1S/C26H33FN2O3/c1-6-28(7-2)26(31)18(5)32-22-13-10-19-14-15-29(25(30)17(3)4)24(23(19)16-22)20-8-11-21(27)12-9-20/h8-13,16-18,24H,6-7,14-15H2,1-5H3. The molecule has 32 heavy (non-hydrogen) atoms. The minimum absolute atomic E-state index is 0.0561. The molecule has 0 saturated carbocycles. The van der Waals surface area contributed by atoms with Crippen LogP contribution < -0.4 is 4.74 Å². The topological polar surface area (TPSA) is 49.9 Å². The molecule has 6 heteroatoms. The molecule has 2 amide bonds. The van der Waals surface area contributed by atoms with Crippen molar-refractivity contribution in [2.45, 2.75) is 53.2 Å². The first-order chi connectivity index (χ1) is 15.3. The van der Waals surface area contributed by atoms with Gasteiger partial charge in [0.05, 0.1) is 6.04 Å². The van der Waals surface area contributed by atoms with Gasteiger partial charge in [-0.2, -0.15) is 0 Å². The molecular weight excluding hydrogens is 407 g/mol. The van der Waals surface area contributed by atoms with Gasteiger partial charge in [-0.1, -0.05) is 32.0 Å². The number of halogens is 1. The van der Waals surface area contributed by atoms with Crippen LogP contribution in [0, 0.1) is 11.7 Å². The van der Waals surface area contributed by atoms with E-state index in [1.807, 2.05) is 50.8 Å².